The minimum atomic E-state index is -0.730. The Morgan fingerprint density at radius 2 is 2.33 bits per heavy atom. The molecule has 1 atom stereocenters. The SMILES string of the molecule is CCCOC(C(=O)N1CCCc2[nH]ncc21)c1ccc(F)cc1C. The van der Waals surface area contributed by atoms with Crippen molar-refractivity contribution >= 4 is 11.6 Å². The summed E-state index contributed by atoms with van der Waals surface area (Å²) in [7, 11) is 0. The van der Waals surface area contributed by atoms with E-state index in [1.165, 1.54) is 12.1 Å². The van der Waals surface area contributed by atoms with Gasteiger partial charge in [0.1, 0.15) is 5.82 Å². The standard InChI is InChI=1S/C18H22FN3O2/c1-3-9-24-17(14-7-6-13(19)10-12(14)2)18(23)22-8-4-5-15-16(22)11-20-21-15/h6-7,10-11,17H,3-5,8-9H2,1-2H3,(H,20,21). The maximum absolute atomic E-state index is 13.4. The molecule has 2 heterocycles. The molecule has 24 heavy (non-hydrogen) atoms. The van der Waals surface area contributed by atoms with Gasteiger partial charge in [0.05, 0.1) is 17.6 Å². The van der Waals surface area contributed by atoms with Crippen LogP contribution in [0.2, 0.25) is 0 Å². The Morgan fingerprint density at radius 1 is 1.50 bits per heavy atom. The van der Waals surface area contributed by atoms with Crippen molar-refractivity contribution in [3.63, 3.8) is 0 Å². The fourth-order valence-corrected chi connectivity index (χ4v) is 3.09. The lowest BCUT2D eigenvalue weighted by Gasteiger charge is -2.30. The fraction of sp³-hybridized carbons (Fsp3) is 0.444. The van der Waals surface area contributed by atoms with Gasteiger partial charge in [-0.15, -0.1) is 0 Å². The van der Waals surface area contributed by atoms with Gasteiger partial charge in [0.2, 0.25) is 0 Å². The quantitative estimate of drug-likeness (QED) is 0.914. The molecule has 0 radical (unpaired) electrons. The van der Waals surface area contributed by atoms with Crippen molar-refractivity contribution in [2.75, 3.05) is 18.1 Å². The minimum absolute atomic E-state index is 0.125. The number of hydrogen-bond donors (Lipinski definition) is 1. The van der Waals surface area contributed by atoms with Crippen LogP contribution in [0.1, 0.15) is 42.7 Å². The fourth-order valence-electron chi connectivity index (χ4n) is 3.09. The van der Waals surface area contributed by atoms with Crippen LogP contribution >= 0.6 is 0 Å². The van der Waals surface area contributed by atoms with E-state index in [2.05, 4.69) is 10.2 Å². The summed E-state index contributed by atoms with van der Waals surface area (Å²) >= 11 is 0. The first-order chi connectivity index (χ1) is 11.6. The molecule has 1 aliphatic heterocycles. The molecule has 1 aromatic carbocycles. The molecule has 6 heteroatoms. The molecule has 0 spiro atoms. The third-order valence-electron chi connectivity index (χ3n) is 4.29. The van der Waals surface area contributed by atoms with E-state index >= 15 is 0 Å². The highest BCUT2D eigenvalue weighted by Crippen LogP contribution is 2.31. The largest absolute Gasteiger partial charge is 0.364 e. The third kappa shape index (κ3) is 3.19. The zero-order valence-electron chi connectivity index (χ0n) is 14.0. The van der Waals surface area contributed by atoms with E-state index < -0.39 is 6.10 Å². The summed E-state index contributed by atoms with van der Waals surface area (Å²) in [5, 5.41) is 7.00. The summed E-state index contributed by atoms with van der Waals surface area (Å²) in [6, 6.07) is 4.45. The number of fused-ring (bicyclic) bond motifs is 1. The summed E-state index contributed by atoms with van der Waals surface area (Å²) in [4.78, 5) is 14.9. The first-order valence-corrected chi connectivity index (χ1v) is 8.33. The smallest absolute Gasteiger partial charge is 0.260 e. The Labute approximate surface area is 140 Å². The Kier molecular flexibility index (Phi) is 4.94. The molecule has 3 rings (SSSR count). The van der Waals surface area contributed by atoms with E-state index in [1.807, 2.05) is 6.92 Å². The molecule has 1 amide bonds. The number of aromatic amines is 1. The zero-order valence-corrected chi connectivity index (χ0v) is 14.0. The van der Waals surface area contributed by atoms with E-state index in [0.29, 0.717) is 24.3 Å². The van der Waals surface area contributed by atoms with Gasteiger partial charge in [0, 0.05) is 13.2 Å². The van der Waals surface area contributed by atoms with Crippen molar-refractivity contribution in [3.05, 3.63) is 47.0 Å². The summed E-state index contributed by atoms with van der Waals surface area (Å²) in [6.07, 6.45) is 3.52. The lowest BCUT2D eigenvalue weighted by atomic mass is 10.0. The van der Waals surface area contributed by atoms with Crippen LogP contribution in [0.4, 0.5) is 10.1 Å². The van der Waals surface area contributed by atoms with Gasteiger partial charge in [-0.2, -0.15) is 5.10 Å². The molecule has 5 nitrogen and oxygen atoms in total. The highest BCUT2D eigenvalue weighted by molar-refractivity contribution is 5.98. The number of H-pyrrole nitrogens is 1. The zero-order chi connectivity index (χ0) is 17.1. The van der Waals surface area contributed by atoms with Gasteiger partial charge in [0.15, 0.2) is 6.10 Å². The molecule has 1 unspecified atom stereocenters. The number of ether oxygens (including phenoxy) is 1. The molecule has 0 saturated heterocycles. The lowest BCUT2D eigenvalue weighted by molar-refractivity contribution is -0.130. The van der Waals surface area contributed by atoms with Crippen molar-refractivity contribution in [2.45, 2.75) is 39.2 Å². The van der Waals surface area contributed by atoms with E-state index in [9.17, 15) is 9.18 Å². The Morgan fingerprint density at radius 3 is 3.08 bits per heavy atom. The van der Waals surface area contributed by atoms with Crippen LogP contribution in [0, 0.1) is 12.7 Å². The van der Waals surface area contributed by atoms with Gasteiger partial charge in [-0.05, 0) is 49.4 Å². The number of nitrogens with zero attached hydrogens (tertiary/aromatic N) is 2. The summed E-state index contributed by atoms with van der Waals surface area (Å²) < 4.78 is 19.3. The molecule has 2 aromatic rings. The van der Waals surface area contributed by atoms with Crippen LogP contribution in [0.15, 0.2) is 24.4 Å². The predicted octanol–water partition coefficient (Wildman–Crippen LogP) is 3.30. The van der Waals surface area contributed by atoms with E-state index in [4.69, 9.17) is 4.74 Å². The van der Waals surface area contributed by atoms with Crippen molar-refractivity contribution in [2.24, 2.45) is 0 Å². The first-order valence-electron chi connectivity index (χ1n) is 8.33. The number of aromatic nitrogens is 2. The van der Waals surface area contributed by atoms with E-state index in [1.54, 1.807) is 24.1 Å². The van der Waals surface area contributed by atoms with Crippen molar-refractivity contribution in [3.8, 4) is 0 Å². The van der Waals surface area contributed by atoms with Crippen molar-refractivity contribution in [1.29, 1.82) is 0 Å². The number of rotatable bonds is 5. The Hall–Kier alpha value is -2.21. The third-order valence-corrected chi connectivity index (χ3v) is 4.29. The molecular weight excluding hydrogens is 309 g/mol. The summed E-state index contributed by atoms with van der Waals surface area (Å²) in [6.45, 7) is 4.90. The molecule has 0 saturated carbocycles. The number of aryl methyl sites for hydroxylation is 2. The average Bonchev–Trinajstić information content (AvgIpc) is 3.05. The van der Waals surface area contributed by atoms with Gasteiger partial charge < -0.3 is 9.64 Å². The van der Waals surface area contributed by atoms with Crippen LogP contribution in [-0.2, 0) is 16.0 Å². The van der Waals surface area contributed by atoms with Crippen LogP contribution < -0.4 is 4.90 Å². The minimum Gasteiger partial charge on any atom is -0.364 e. The van der Waals surface area contributed by atoms with Gasteiger partial charge in [-0.1, -0.05) is 13.0 Å². The lowest BCUT2D eigenvalue weighted by Crippen LogP contribution is -2.39. The summed E-state index contributed by atoms with van der Waals surface area (Å²) in [5.74, 6) is -0.437. The second kappa shape index (κ2) is 7.13. The Balaban J connectivity index is 1.93. The number of benzene rings is 1. The van der Waals surface area contributed by atoms with Gasteiger partial charge in [-0.25, -0.2) is 4.39 Å². The number of hydrogen-bond acceptors (Lipinski definition) is 3. The second-order valence-corrected chi connectivity index (χ2v) is 6.08. The molecule has 0 bridgehead atoms. The summed E-state index contributed by atoms with van der Waals surface area (Å²) in [5.41, 5.74) is 3.22. The van der Waals surface area contributed by atoms with Crippen LogP contribution in [0.5, 0.6) is 0 Å². The molecule has 128 valence electrons. The highest BCUT2D eigenvalue weighted by Gasteiger charge is 2.32. The molecule has 1 N–H and O–H groups in total. The number of nitrogens with one attached hydrogen (secondary N) is 1. The Bertz CT molecular complexity index is 729. The number of carbonyl (C=O) groups is 1. The van der Waals surface area contributed by atoms with Crippen molar-refractivity contribution < 1.29 is 13.9 Å². The number of anilines is 1. The normalized spacial score (nSPS) is 15.2. The molecular formula is C18H22FN3O2. The van der Waals surface area contributed by atoms with Crippen LogP contribution in [-0.4, -0.2) is 29.3 Å². The second-order valence-electron chi connectivity index (χ2n) is 6.08. The number of carbonyl (C=O) groups excluding carboxylic acids is 1. The molecule has 0 aliphatic carbocycles. The van der Waals surface area contributed by atoms with Gasteiger partial charge in [-0.3, -0.25) is 9.89 Å². The van der Waals surface area contributed by atoms with Gasteiger partial charge >= 0.3 is 0 Å². The van der Waals surface area contributed by atoms with Crippen LogP contribution in [0.3, 0.4) is 0 Å². The topological polar surface area (TPSA) is 58.2 Å². The monoisotopic (exact) mass is 331 g/mol. The maximum atomic E-state index is 13.4. The number of amides is 1. The molecule has 0 fully saturated rings. The first kappa shape index (κ1) is 16.6. The highest BCUT2D eigenvalue weighted by atomic mass is 19.1. The average molecular weight is 331 g/mol. The van der Waals surface area contributed by atoms with Gasteiger partial charge in [0.25, 0.3) is 5.91 Å². The number of halogens is 1. The van der Waals surface area contributed by atoms with E-state index in [-0.39, 0.29) is 11.7 Å². The predicted molar refractivity (Wildman–Crippen MR) is 89.4 cm³/mol. The molecule has 1 aromatic heterocycles. The van der Waals surface area contributed by atoms with Crippen LogP contribution in [0.25, 0.3) is 0 Å². The molecule has 1 aliphatic rings. The maximum Gasteiger partial charge on any atom is 0.260 e. The van der Waals surface area contributed by atoms with Crippen molar-refractivity contribution in [1.82, 2.24) is 10.2 Å². The van der Waals surface area contributed by atoms with E-state index in [0.717, 1.165) is 30.6 Å².